The summed E-state index contributed by atoms with van der Waals surface area (Å²) in [7, 11) is 0. The third-order valence-electron chi connectivity index (χ3n) is 4.51. The van der Waals surface area contributed by atoms with E-state index in [9.17, 15) is 22.4 Å². The third-order valence-corrected chi connectivity index (χ3v) is 4.51. The molecule has 0 radical (unpaired) electrons. The van der Waals surface area contributed by atoms with Gasteiger partial charge in [-0.2, -0.15) is 18.3 Å². The second kappa shape index (κ2) is 7.20. The number of aromatic nitrogens is 3. The molecular weight excluding hydrogens is 388 g/mol. The summed E-state index contributed by atoms with van der Waals surface area (Å²) in [4.78, 5) is 16.6. The van der Waals surface area contributed by atoms with Gasteiger partial charge in [0.25, 0.3) is 5.91 Å². The van der Waals surface area contributed by atoms with Crippen LogP contribution >= 0.6 is 0 Å². The van der Waals surface area contributed by atoms with Gasteiger partial charge in [-0.15, -0.1) is 6.42 Å². The lowest BCUT2D eigenvalue weighted by molar-refractivity contribution is -0.142. The molecule has 9 heteroatoms. The van der Waals surface area contributed by atoms with E-state index in [4.69, 9.17) is 6.42 Å². The summed E-state index contributed by atoms with van der Waals surface area (Å²) in [5, 5.41) is 6.35. The third kappa shape index (κ3) is 4.06. The van der Waals surface area contributed by atoms with E-state index in [1.54, 1.807) is 13.8 Å². The Bertz CT molecular complexity index is 1110. The van der Waals surface area contributed by atoms with Crippen LogP contribution in [0.25, 0.3) is 16.9 Å². The van der Waals surface area contributed by atoms with Gasteiger partial charge in [-0.1, -0.05) is 12.8 Å². The van der Waals surface area contributed by atoms with Gasteiger partial charge in [0.15, 0.2) is 17.0 Å². The van der Waals surface area contributed by atoms with E-state index in [1.807, 2.05) is 0 Å². The molecule has 150 valence electrons. The molecule has 2 heterocycles. The molecule has 0 aliphatic rings. The minimum absolute atomic E-state index is 0.0290. The van der Waals surface area contributed by atoms with E-state index in [-0.39, 0.29) is 22.6 Å². The molecule has 5 nitrogen and oxygen atoms in total. The van der Waals surface area contributed by atoms with E-state index in [0.29, 0.717) is 10.9 Å². The Morgan fingerprint density at radius 1 is 1.24 bits per heavy atom. The van der Waals surface area contributed by atoms with Gasteiger partial charge >= 0.3 is 6.18 Å². The summed E-state index contributed by atoms with van der Waals surface area (Å²) in [6, 6.07) is 6.82. The van der Waals surface area contributed by atoms with Crippen LogP contribution < -0.4 is 5.32 Å². The molecule has 0 saturated carbocycles. The number of nitrogens with zero attached hydrogens (tertiary/aromatic N) is 3. The zero-order valence-electron chi connectivity index (χ0n) is 15.5. The number of rotatable bonds is 4. The number of hydrogen-bond acceptors (Lipinski definition) is 3. The van der Waals surface area contributed by atoms with Crippen molar-refractivity contribution in [1.82, 2.24) is 19.9 Å². The monoisotopic (exact) mass is 404 g/mol. The van der Waals surface area contributed by atoms with Gasteiger partial charge < -0.3 is 5.32 Å². The highest BCUT2D eigenvalue weighted by Crippen LogP contribution is 2.32. The fourth-order valence-corrected chi connectivity index (χ4v) is 2.60. The van der Waals surface area contributed by atoms with Crippen molar-refractivity contribution in [2.24, 2.45) is 0 Å². The summed E-state index contributed by atoms with van der Waals surface area (Å²) in [5.74, 6) is 1.20. The molecular formula is C20H16F4N4O. The molecule has 0 bridgehead atoms. The number of carbonyl (C=O) groups is 1. The molecule has 29 heavy (non-hydrogen) atoms. The molecule has 1 aromatic carbocycles. The van der Waals surface area contributed by atoms with Crippen molar-refractivity contribution in [1.29, 1.82) is 0 Å². The summed E-state index contributed by atoms with van der Waals surface area (Å²) in [6.45, 7) is 3.38. The number of nitrogens with one attached hydrogen (secondary N) is 1. The molecule has 0 aliphatic carbocycles. The molecule has 1 atom stereocenters. The largest absolute Gasteiger partial charge is 0.433 e. The first-order chi connectivity index (χ1) is 13.6. The molecule has 3 rings (SSSR count). The first-order valence-electron chi connectivity index (χ1n) is 8.60. The van der Waals surface area contributed by atoms with E-state index in [1.165, 1.54) is 12.1 Å². The predicted molar refractivity (Wildman–Crippen MR) is 98.4 cm³/mol. The quantitative estimate of drug-likeness (QED) is 0.527. The number of halogens is 4. The Labute approximate surface area is 163 Å². The minimum Gasteiger partial charge on any atom is -0.335 e. The van der Waals surface area contributed by atoms with Gasteiger partial charge in [-0.05, 0) is 43.7 Å². The molecule has 0 aliphatic heterocycles. The molecule has 3 aromatic rings. The highest BCUT2D eigenvalue weighted by Gasteiger charge is 2.36. The summed E-state index contributed by atoms with van der Waals surface area (Å²) < 4.78 is 54.5. The van der Waals surface area contributed by atoms with Crippen LogP contribution in [0.1, 0.15) is 36.5 Å². The number of fused-ring (bicyclic) bond motifs is 1. The first-order valence-corrected chi connectivity index (χ1v) is 8.60. The van der Waals surface area contributed by atoms with Crippen molar-refractivity contribution in [3.63, 3.8) is 0 Å². The molecule has 2 aromatic heterocycles. The Hall–Kier alpha value is -3.41. The standard InChI is InChI=1S/C20H16F4N4O/c1-4-19(3,5-2)26-18(29)15-11-17-25-14(12-6-8-13(21)9-7-12)10-16(20(22,23)24)28(17)27-15/h1,6-11H,5H2,2-3H3,(H,26,29)/t19-/m0/s1. The number of alkyl halides is 3. The van der Waals surface area contributed by atoms with Crippen LogP contribution in [0.15, 0.2) is 36.4 Å². The predicted octanol–water partition coefficient (Wildman–Crippen LogP) is 4.09. The van der Waals surface area contributed by atoms with Crippen LogP contribution in [-0.2, 0) is 6.18 Å². The molecule has 0 fully saturated rings. The zero-order chi connectivity index (χ0) is 21.4. The van der Waals surface area contributed by atoms with Crippen LogP contribution in [-0.4, -0.2) is 26.0 Å². The van der Waals surface area contributed by atoms with Crippen LogP contribution in [0.3, 0.4) is 0 Å². The second-order valence-corrected chi connectivity index (χ2v) is 6.61. The summed E-state index contributed by atoms with van der Waals surface area (Å²) in [6.07, 6.45) is 1.08. The second-order valence-electron chi connectivity index (χ2n) is 6.61. The number of carbonyl (C=O) groups excluding carboxylic acids is 1. The van der Waals surface area contributed by atoms with Crippen LogP contribution in [0.2, 0.25) is 0 Å². The zero-order valence-corrected chi connectivity index (χ0v) is 15.5. The van der Waals surface area contributed by atoms with E-state index < -0.39 is 29.1 Å². The highest BCUT2D eigenvalue weighted by molar-refractivity contribution is 5.94. The minimum atomic E-state index is -4.76. The Morgan fingerprint density at radius 3 is 2.45 bits per heavy atom. The summed E-state index contributed by atoms with van der Waals surface area (Å²) >= 11 is 0. The van der Waals surface area contributed by atoms with Gasteiger partial charge in [-0.25, -0.2) is 13.9 Å². The molecule has 1 N–H and O–H groups in total. The molecule has 0 spiro atoms. The Morgan fingerprint density at radius 2 is 1.90 bits per heavy atom. The molecule has 0 saturated heterocycles. The topological polar surface area (TPSA) is 59.3 Å². The average molecular weight is 404 g/mol. The SMILES string of the molecule is C#C[C@@](C)(CC)NC(=O)c1cc2nc(-c3ccc(F)cc3)cc(C(F)(F)F)n2n1. The van der Waals surface area contributed by atoms with Crippen LogP contribution in [0.4, 0.5) is 17.6 Å². The van der Waals surface area contributed by atoms with Crippen molar-refractivity contribution >= 4 is 11.6 Å². The van der Waals surface area contributed by atoms with Gasteiger partial charge in [0.2, 0.25) is 0 Å². The fourth-order valence-electron chi connectivity index (χ4n) is 2.60. The van der Waals surface area contributed by atoms with E-state index >= 15 is 0 Å². The number of terminal acetylenes is 1. The van der Waals surface area contributed by atoms with Crippen molar-refractivity contribution in [3.8, 4) is 23.6 Å². The number of hydrogen-bond donors (Lipinski definition) is 1. The highest BCUT2D eigenvalue weighted by atomic mass is 19.4. The number of amides is 1. The van der Waals surface area contributed by atoms with Crippen molar-refractivity contribution in [2.75, 3.05) is 0 Å². The maximum Gasteiger partial charge on any atom is 0.433 e. The Kier molecular flexibility index (Phi) is 5.05. The van der Waals surface area contributed by atoms with Crippen LogP contribution in [0.5, 0.6) is 0 Å². The first kappa shape index (κ1) is 20.3. The van der Waals surface area contributed by atoms with Crippen molar-refractivity contribution in [3.05, 3.63) is 53.6 Å². The summed E-state index contributed by atoms with van der Waals surface area (Å²) in [5.41, 5.74) is -2.25. The normalized spacial score (nSPS) is 13.7. The maximum atomic E-state index is 13.6. The number of benzene rings is 1. The lowest BCUT2D eigenvalue weighted by Gasteiger charge is -2.22. The Balaban J connectivity index is 2.12. The smallest absolute Gasteiger partial charge is 0.335 e. The fraction of sp³-hybridized carbons (Fsp3) is 0.250. The average Bonchev–Trinajstić information content (AvgIpc) is 3.11. The van der Waals surface area contributed by atoms with Crippen molar-refractivity contribution in [2.45, 2.75) is 32.0 Å². The lowest BCUT2D eigenvalue weighted by Crippen LogP contribution is -2.44. The molecule has 1 amide bonds. The van der Waals surface area contributed by atoms with E-state index in [2.05, 4.69) is 21.3 Å². The van der Waals surface area contributed by atoms with Gasteiger partial charge in [0, 0.05) is 11.6 Å². The van der Waals surface area contributed by atoms with Crippen molar-refractivity contribution < 1.29 is 22.4 Å². The maximum absolute atomic E-state index is 13.6. The molecule has 0 unspecified atom stereocenters. The van der Waals surface area contributed by atoms with E-state index in [0.717, 1.165) is 24.3 Å². The van der Waals surface area contributed by atoms with Gasteiger partial charge in [-0.3, -0.25) is 4.79 Å². The van der Waals surface area contributed by atoms with Crippen LogP contribution in [0, 0.1) is 18.2 Å². The lowest BCUT2D eigenvalue weighted by atomic mass is 10.0. The van der Waals surface area contributed by atoms with Gasteiger partial charge in [0.05, 0.1) is 11.2 Å². The van der Waals surface area contributed by atoms with Gasteiger partial charge in [0.1, 0.15) is 5.82 Å².